The van der Waals surface area contributed by atoms with E-state index in [1.54, 1.807) is 7.05 Å². The molecule has 0 aliphatic carbocycles. The second-order valence-electron chi connectivity index (χ2n) is 6.60. The normalized spacial score (nSPS) is 10.7. The summed E-state index contributed by atoms with van der Waals surface area (Å²) < 4.78 is 3.20. The molecule has 0 radical (unpaired) electrons. The van der Waals surface area contributed by atoms with E-state index in [2.05, 4.69) is 52.0 Å². The van der Waals surface area contributed by atoms with Gasteiger partial charge in [0.2, 0.25) is 0 Å². The van der Waals surface area contributed by atoms with Gasteiger partial charge in [0.25, 0.3) is 0 Å². The zero-order valence-corrected chi connectivity index (χ0v) is 17.0. The molecular weight excluding hydrogens is 376 g/mol. The number of thiocarbonyl (C=S) groups is 1. The zero-order chi connectivity index (χ0) is 20.4. The Balaban J connectivity index is 1.76. The number of hydrogen-bond donors (Lipinski definition) is 3. The van der Waals surface area contributed by atoms with Gasteiger partial charge in [-0.15, -0.1) is 0 Å². The van der Waals surface area contributed by atoms with E-state index in [0.717, 1.165) is 22.6 Å². The van der Waals surface area contributed by atoms with Gasteiger partial charge < -0.3 is 15.7 Å². The van der Waals surface area contributed by atoms with Gasteiger partial charge in [0.15, 0.2) is 10.8 Å². The van der Waals surface area contributed by atoms with Gasteiger partial charge in [-0.05, 0) is 38.6 Å². The molecule has 146 valence electrons. The van der Waals surface area contributed by atoms with Gasteiger partial charge in [-0.1, -0.05) is 29.8 Å². The number of aryl methyl sites for hydroxylation is 3. The van der Waals surface area contributed by atoms with Crippen LogP contribution in [0, 0.1) is 20.8 Å². The number of aromatic carboxylic acids is 1. The van der Waals surface area contributed by atoms with Crippen LogP contribution in [0.5, 0.6) is 0 Å². The van der Waals surface area contributed by atoms with E-state index in [4.69, 9.17) is 12.2 Å². The fourth-order valence-corrected chi connectivity index (χ4v) is 3.16. The summed E-state index contributed by atoms with van der Waals surface area (Å²) in [5, 5.41) is 24.2. The van der Waals surface area contributed by atoms with Crippen molar-refractivity contribution in [2.75, 3.05) is 10.6 Å². The highest BCUT2D eigenvalue weighted by atomic mass is 32.1. The van der Waals surface area contributed by atoms with E-state index < -0.39 is 5.97 Å². The van der Waals surface area contributed by atoms with Gasteiger partial charge >= 0.3 is 5.97 Å². The lowest BCUT2D eigenvalue weighted by atomic mass is 10.1. The summed E-state index contributed by atoms with van der Waals surface area (Å²) in [5.41, 5.74) is 5.27. The minimum Gasteiger partial charge on any atom is -0.476 e. The number of carboxylic acids is 1. The van der Waals surface area contributed by atoms with Crippen molar-refractivity contribution in [2.24, 2.45) is 7.05 Å². The highest BCUT2D eigenvalue weighted by molar-refractivity contribution is 7.80. The van der Waals surface area contributed by atoms with Crippen LogP contribution in [-0.2, 0) is 13.6 Å². The van der Waals surface area contributed by atoms with Gasteiger partial charge in [-0.3, -0.25) is 9.36 Å². The minimum absolute atomic E-state index is 0.0349. The summed E-state index contributed by atoms with van der Waals surface area (Å²) in [6, 6.07) is 8.32. The van der Waals surface area contributed by atoms with Crippen LogP contribution in [0.1, 0.15) is 33.0 Å². The summed E-state index contributed by atoms with van der Waals surface area (Å²) in [4.78, 5) is 11.4. The maximum atomic E-state index is 11.4. The van der Waals surface area contributed by atoms with Crippen molar-refractivity contribution in [3.63, 3.8) is 0 Å². The van der Waals surface area contributed by atoms with Crippen LogP contribution in [0.4, 0.5) is 11.4 Å². The molecule has 9 heteroatoms. The molecule has 28 heavy (non-hydrogen) atoms. The predicted octanol–water partition coefficient (Wildman–Crippen LogP) is 3.10. The fraction of sp³-hybridized carbons (Fsp3) is 0.263. The van der Waals surface area contributed by atoms with Crippen LogP contribution in [0.25, 0.3) is 0 Å². The van der Waals surface area contributed by atoms with E-state index in [1.807, 2.05) is 18.5 Å². The quantitative estimate of drug-likeness (QED) is 0.568. The summed E-state index contributed by atoms with van der Waals surface area (Å²) >= 11 is 5.36. The van der Waals surface area contributed by atoms with Crippen molar-refractivity contribution in [1.82, 2.24) is 19.6 Å². The average molecular weight is 398 g/mol. The fourth-order valence-electron chi connectivity index (χ4n) is 2.95. The number of rotatable bonds is 5. The number of hydrogen-bond acceptors (Lipinski definition) is 4. The van der Waals surface area contributed by atoms with Gasteiger partial charge in [0.1, 0.15) is 0 Å². The standard InChI is InChI=1S/C19H22N6O2S/c1-11-5-7-14(8-6-11)10-25-13(3)16(12(2)23-25)22-19(28)21-15-9-20-24(4)17(15)18(26)27/h5-9H,10H2,1-4H3,(H,26,27)(H2,21,22,28). The van der Waals surface area contributed by atoms with Crippen LogP contribution >= 0.6 is 12.2 Å². The lowest BCUT2D eigenvalue weighted by Crippen LogP contribution is -2.21. The van der Waals surface area contributed by atoms with E-state index in [-0.39, 0.29) is 10.8 Å². The molecule has 0 aliphatic rings. The second kappa shape index (κ2) is 7.81. The van der Waals surface area contributed by atoms with E-state index >= 15 is 0 Å². The van der Waals surface area contributed by atoms with Gasteiger partial charge in [0, 0.05) is 7.05 Å². The molecule has 0 bridgehead atoms. The van der Waals surface area contributed by atoms with Crippen molar-refractivity contribution in [2.45, 2.75) is 27.3 Å². The molecule has 0 saturated heterocycles. The third kappa shape index (κ3) is 4.04. The molecule has 0 saturated carbocycles. The third-order valence-electron chi connectivity index (χ3n) is 4.46. The highest BCUT2D eigenvalue weighted by Crippen LogP contribution is 2.22. The van der Waals surface area contributed by atoms with Crippen molar-refractivity contribution < 1.29 is 9.90 Å². The topological polar surface area (TPSA) is 97.0 Å². The molecule has 8 nitrogen and oxygen atoms in total. The Labute approximate surface area is 168 Å². The maximum absolute atomic E-state index is 11.4. The molecule has 3 aromatic rings. The Bertz CT molecular complexity index is 1040. The average Bonchev–Trinajstić information content (AvgIpc) is 3.11. The van der Waals surface area contributed by atoms with Crippen LogP contribution in [-0.4, -0.2) is 35.7 Å². The van der Waals surface area contributed by atoms with Crippen LogP contribution < -0.4 is 10.6 Å². The number of nitrogens with zero attached hydrogens (tertiary/aromatic N) is 4. The lowest BCUT2D eigenvalue weighted by Gasteiger charge is -2.11. The number of anilines is 2. The Morgan fingerprint density at radius 2 is 1.86 bits per heavy atom. The van der Waals surface area contributed by atoms with Crippen LogP contribution in [0.3, 0.4) is 0 Å². The van der Waals surface area contributed by atoms with E-state index in [1.165, 1.54) is 16.4 Å². The van der Waals surface area contributed by atoms with Crippen molar-refractivity contribution in [3.8, 4) is 0 Å². The van der Waals surface area contributed by atoms with Gasteiger partial charge in [0.05, 0.1) is 35.5 Å². The first kappa shape index (κ1) is 19.6. The molecule has 3 rings (SSSR count). The summed E-state index contributed by atoms with van der Waals surface area (Å²) in [5.74, 6) is -1.08. The summed E-state index contributed by atoms with van der Waals surface area (Å²) in [6.07, 6.45) is 1.43. The maximum Gasteiger partial charge on any atom is 0.356 e. The first-order valence-electron chi connectivity index (χ1n) is 8.69. The Hall–Kier alpha value is -3.20. The van der Waals surface area contributed by atoms with Crippen molar-refractivity contribution in [3.05, 3.63) is 58.7 Å². The molecule has 1 aromatic carbocycles. The summed E-state index contributed by atoms with van der Waals surface area (Å²) in [7, 11) is 1.56. The predicted molar refractivity (Wildman–Crippen MR) is 112 cm³/mol. The number of aromatic nitrogens is 4. The highest BCUT2D eigenvalue weighted by Gasteiger charge is 2.18. The molecule has 0 aliphatic heterocycles. The van der Waals surface area contributed by atoms with Crippen molar-refractivity contribution in [1.29, 1.82) is 0 Å². The SMILES string of the molecule is Cc1ccc(Cn2nc(C)c(NC(=S)Nc3cnn(C)c3C(=O)O)c2C)cc1. The molecule has 0 atom stereocenters. The lowest BCUT2D eigenvalue weighted by molar-refractivity contribution is 0.0686. The smallest absolute Gasteiger partial charge is 0.356 e. The Morgan fingerprint density at radius 1 is 1.18 bits per heavy atom. The molecular formula is C19H22N6O2S. The van der Waals surface area contributed by atoms with Crippen LogP contribution in [0.15, 0.2) is 30.5 Å². The number of nitrogens with one attached hydrogen (secondary N) is 2. The van der Waals surface area contributed by atoms with Gasteiger partial charge in [-0.25, -0.2) is 4.79 Å². The molecule has 0 unspecified atom stereocenters. The monoisotopic (exact) mass is 398 g/mol. The van der Waals surface area contributed by atoms with E-state index in [9.17, 15) is 9.90 Å². The molecule has 0 spiro atoms. The zero-order valence-electron chi connectivity index (χ0n) is 16.1. The van der Waals surface area contributed by atoms with Crippen molar-refractivity contribution >= 4 is 34.7 Å². The van der Waals surface area contributed by atoms with Crippen LogP contribution in [0.2, 0.25) is 0 Å². The number of carboxylic acid groups (broad SMARTS) is 1. The Morgan fingerprint density at radius 3 is 2.50 bits per heavy atom. The number of carbonyl (C=O) groups is 1. The first-order valence-corrected chi connectivity index (χ1v) is 9.10. The first-order chi connectivity index (χ1) is 13.3. The minimum atomic E-state index is -1.08. The number of benzene rings is 1. The molecule has 2 aromatic heterocycles. The van der Waals surface area contributed by atoms with Gasteiger partial charge in [-0.2, -0.15) is 10.2 Å². The second-order valence-corrected chi connectivity index (χ2v) is 7.01. The van der Waals surface area contributed by atoms with E-state index in [0.29, 0.717) is 12.2 Å². The Kier molecular flexibility index (Phi) is 5.46. The summed E-state index contributed by atoms with van der Waals surface area (Å²) in [6.45, 7) is 6.57. The molecule has 0 fully saturated rings. The molecule has 2 heterocycles. The molecule has 0 amide bonds. The third-order valence-corrected chi connectivity index (χ3v) is 4.67. The largest absolute Gasteiger partial charge is 0.476 e. The molecule has 3 N–H and O–H groups in total.